The smallest absolute Gasteiger partial charge is 0.224 e. The molecule has 0 fully saturated rings. The summed E-state index contributed by atoms with van der Waals surface area (Å²) in [4.78, 5) is 23.4. The first-order chi connectivity index (χ1) is 14.3. The molecule has 0 atom stereocenters. The second kappa shape index (κ2) is 13.1. The number of nitrogens with two attached hydrogens (primary N) is 1. The van der Waals surface area contributed by atoms with E-state index in [0.717, 1.165) is 5.69 Å². The molecular formula is C23H32N4O3. The van der Waals surface area contributed by atoms with Crippen LogP contribution in [0.15, 0.2) is 48.5 Å². The van der Waals surface area contributed by atoms with E-state index in [1.165, 1.54) is 5.56 Å². The Labute approximate surface area is 178 Å². The minimum Gasteiger partial charge on any atom is -0.395 e. The van der Waals surface area contributed by atoms with Gasteiger partial charge in [0.2, 0.25) is 5.91 Å². The van der Waals surface area contributed by atoms with Gasteiger partial charge < -0.3 is 25.9 Å². The van der Waals surface area contributed by atoms with Crippen LogP contribution in [0.5, 0.6) is 0 Å². The maximum absolute atomic E-state index is 11.3. The van der Waals surface area contributed by atoms with Crippen molar-refractivity contribution in [2.75, 3.05) is 30.4 Å². The summed E-state index contributed by atoms with van der Waals surface area (Å²) in [5.41, 5.74) is 9.03. The van der Waals surface area contributed by atoms with Crippen molar-refractivity contribution in [1.29, 1.82) is 5.41 Å². The van der Waals surface area contributed by atoms with Crippen molar-refractivity contribution in [2.24, 2.45) is 5.73 Å². The molecule has 5 N–H and O–H groups in total. The molecule has 0 bridgehead atoms. The third-order valence-electron chi connectivity index (χ3n) is 4.40. The molecule has 0 heterocycles. The number of likely N-dealkylation sites (N-methyl/N-ethyl adjacent to an activating group) is 1. The van der Waals surface area contributed by atoms with E-state index in [-0.39, 0.29) is 31.2 Å². The number of nitrogen functional groups attached to an aromatic ring is 1. The zero-order valence-corrected chi connectivity index (χ0v) is 17.9. The summed E-state index contributed by atoms with van der Waals surface area (Å²) in [5.74, 6) is 0.355. The Morgan fingerprint density at radius 1 is 1.17 bits per heavy atom. The average Bonchev–Trinajstić information content (AvgIpc) is 2.73. The third kappa shape index (κ3) is 8.87. The van der Waals surface area contributed by atoms with Crippen LogP contribution in [0.3, 0.4) is 0 Å². The lowest BCUT2D eigenvalue weighted by Gasteiger charge is -2.18. The number of aliphatic hydroxyl groups is 1. The van der Waals surface area contributed by atoms with Crippen molar-refractivity contribution in [3.05, 3.63) is 59.7 Å². The number of aliphatic hydroxyl groups excluding tert-OH is 1. The number of nitrogens with one attached hydrogen (secondary N) is 2. The summed E-state index contributed by atoms with van der Waals surface area (Å²) in [6.07, 6.45) is 1.10. The number of carbonyl (C=O) groups is 2. The molecule has 0 aliphatic heterocycles. The maximum atomic E-state index is 11.3. The second-order valence-electron chi connectivity index (χ2n) is 7.14. The Bertz CT molecular complexity index is 802. The van der Waals surface area contributed by atoms with Crippen LogP contribution in [0.1, 0.15) is 43.7 Å². The van der Waals surface area contributed by atoms with E-state index in [1.54, 1.807) is 24.3 Å². The van der Waals surface area contributed by atoms with E-state index in [2.05, 4.69) is 43.4 Å². The average molecular weight is 413 g/mol. The lowest BCUT2D eigenvalue weighted by molar-refractivity contribution is -0.118. The Kier molecular flexibility index (Phi) is 10.9. The Balaban J connectivity index is 0.000000303. The molecule has 2 aromatic carbocycles. The van der Waals surface area contributed by atoms with Crippen molar-refractivity contribution in [1.82, 2.24) is 0 Å². The molecule has 7 heteroatoms. The van der Waals surface area contributed by atoms with Crippen molar-refractivity contribution in [2.45, 2.75) is 32.6 Å². The summed E-state index contributed by atoms with van der Waals surface area (Å²) in [6, 6.07) is 15.1. The zero-order valence-electron chi connectivity index (χ0n) is 17.9. The molecule has 0 spiro atoms. The normalized spacial score (nSPS) is 10.0. The topological polar surface area (TPSA) is 120 Å². The summed E-state index contributed by atoms with van der Waals surface area (Å²) in [7, 11) is 1.99. The SMILES string of the molecule is CC(C)c1ccc(N(C)CCO)cc1.N=C(N)c1ccc(NC(=O)CCC=O)cc1. The van der Waals surface area contributed by atoms with E-state index in [9.17, 15) is 9.59 Å². The van der Waals surface area contributed by atoms with E-state index in [0.29, 0.717) is 30.0 Å². The number of benzene rings is 2. The van der Waals surface area contributed by atoms with Gasteiger partial charge in [-0.1, -0.05) is 26.0 Å². The van der Waals surface area contributed by atoms with Crippen molar-refractivity contribution >= 4 is 29.4 Å². The molecule has 0 aromatic heterocycles. The number of carbonyl (C=O) groups excluding carboxylic acids is 2. The molecule has 0 unspecified atom stereocenters. The van der Waals surface area contributed by atoms with Crippen LogP contribution in [-0.2, 0) is 9.59 Å². The molecule has 2 aromatic rings. The predicted octanol–water partition coefficient (Wildman–Crippen LogP) is 3.13. The van der Waals surface area contributed by atoms with Gasteiger partial charge >= 0.3 is 0 Å². The summed E-state index contributed by atoms with van der Waals surface area (Å²) in [6.45, 7) is 5.25. The van der Waals surface area contributed by atoms with Gasteiger partial charge in [-0.25, -0.2) is 0 Å². The fourth-order valence-corrected chi connectivity index (χ4v) is 2.54. The molecule has 0 aliphatic carbocycles. The molecule has 2 rings (SSSR count). The van der Waals surface area contributed by atoms with Crippen LogP contribution in [-0.4, -0.2) is 43.3 Å². The maximum Gasteiger partial charge on any atom is 0.224 e. The number of anilines is 2. The Hall–Kier alpha value is -3.19. The third-order valence-corrected chi connectivity index (χ3v) is 4.40. The van der Waals surface area contributed by atoms with Gasteiger partial charge in [0.05, 0.1) is 6.61 Å². The Morgan fingerprint density at radius 3 is 2.23 bits per heavy atom. The zero-order chi connectivity index (χ0) is 22.5. The predicted molar refractivity (Wildman–Crippen MR) is 122 cm³/mol. The number of rotatable bonds is 9. The Morgan fingerprint density at radius 2 is 1.77 bits per heavy atom. The van der Waals surface area contributed by atoms with Gasteiger partial charge in [0.25, 0.3) is 0 Å². The molecular weight excluding hydrogens is 380 g/mol. The minimum absolute atomic E-state index is 0.0150. The standard InChI is InChI=1S/C12H19NO.C11H13N3O2/c1-10(2)11-4-6-12(7-5-11)13(3)8-9-14;12-11(13)8-3-5-9(6-4-8)14-10(16)2-1-7-15/h4-7,10,14H,8-9H2,1-3H3;3-7H,1-2H2,(H3,12,13)(H,14,16). The van der Waals surface area contributed by atoms with Gasteiger partial charge in [-0.2, -0.15) is 0 Å². The van der Waals surface area contributed by atoms with Crippen molar-refractivity contribution < 1.29 is 14.7 Å². The van der Waals surface area contributed by atoms with Crippen LogP contribution in [0.4, 0.5) is 11.4 Å². The molecule has 0 saturated heterocycles. The van der Waals surface area contributed by atoms with E-state index >= 15 is 0 Å². The van der Waals surface area contributed by atoms with Crippen LogP contribution in [0.2, 0.25) is 0 Å². The first-order valence-corrected chi connectivity index (χ1v) is 9.88. The summed E-state index contributed by atoms with van der Waals surface area (Å²) in [5, 5.41) is 18.6. The van der Waals surface area contributed by atoms with Crippen LogP contribution >= 0.6 is 0 Å². The number of hydrogen-bond acceptors (Lipinski definition) is 5. The number of hydrogen-bond donors (Lipinski definition) is 4. The monoisotopic (exact) mass is 412 g/mol. The largest absolute Gasteiger partial charge is 0.395 e. The molecule has 1 amide bonds. The molecule has 0 aliphatic rings. The fourth-order valence-electron chi connectivity index (χ4n) is 2.54. The van der Waals surface area contributed by atoms with Gasteiger partial charge in [-0.3, -0.25) is 10.2 Å². The van der Waals surface area contributed by atoms with Crippen molar-refractivity contribution in [3.63, 3.8) is 0 Å². The number of amides is 1. The highest BCUT2D eigenvalue weighted by molar-refractivity contribution is 5.96. The lowest BCUT2D eigenvalue weighted by atomic mass is 10.0. The highest BCUT2D eigenvalue weighted by Crippen LogP contribution is 2.18. The van der Waals surface area contributed by atoms with Crippen molar-refractivity contribution in [3.8, 4) is 0 Å². The van der Waals surface area contributed by atoms with E-state index < -0.39 is 0 Å². The second-order valence-corrected chi connectivity index (χ2v) is 7.14. The minimum atomic E-state index is -0.206. The van der Waals surface area contributed by atoms with Gasteiger partial charge in [-0.05, 0) is 47.9 Å². The molecule has 0 radical (unpaired) electrons. The summed E-state index contributed by atoms with van der Waals surface area (Å²) >= 11 is 0. The molecule has 0 saturated carbocycles. The van der Waals surface area contributed by atoms with Crippen LogP contribution < -0.4 is 16.0 Å². The number of amidine groups is 1. The van der Waals surface area contributed by atoms with E-state index in [1.807, 2.05) is 11.9 Å². The highest BCUT2D eigenvalue weighted by atomic mass is 16.3. The van der Waals surface area contributed by atoms with Gasteiger partial charge in [-0.15, -0.1) is 0 Å². The fraction of sp³-hybridized carbons (Fsp3) is 0.348. The van der Waals surface area contributed by atoms with Gasteiger partial charge in [0.1, 0.15) is 12.1 Å². The molecule has 30 heavy (non-hydrogen) atoms. The van der Waals surface area contributed by atoms with Gasteiger partial charge in [0, 0.05) is 43.4 Å². The number of nitrogens with zero attached hydrogens (tertiary/aromatic N) is 1. The number of aldehydes is 1. The van der Waals surface area contributed by atoms with Crippen LogP contribution in [0.25, 0.3) is 0 Å². The molecule has 162 valence electrons. The molecule has 7 nitrogen and oxygen atoms in total. The summed E-state index contributed by atoms with van der Waals surface area (Å²) < 4.78 is 0. The first kappa shape index (κ1) is 24.8. The first-order valence-electron chi connectivity index (χ1n) is 9.88. The van der Waals surface area contributed by atoms with Crippen LogP contribution in [0, 0.1) is 5.41 Å². The lowest BCUT2D eigenvalue weighted by Crippen LogP contribution is -2.20. The highest BCUT2D eigenvalue weighted by Gasteiger charge is 2.03. The quantitative estimate of drug-likeness (QED) is 0.287. The van der Waals surface area contributed by atoms with Gasteiger partial charge in [0.15, 0.2) is 0 Å². The van der Waals surface area contributed by atoms with E-state index in [4.69, 9.17) is 16.2 Å².